The Morgan fingerprint density at radius 2 is 1.42 bits per heavy atom. The highest BCUT2D eigenvalue weighted by molar-refractivity contribution is 7.41. The Hall–Kier alpha value is -2.25. The van der Waals surface area contributed by atoms with Gasteiger partial charge in [-0.1, -0.05) is 109 Å². The molecule has 1 amide bonds. The molecule has 2 N–H and O–H groups in total. The van der Waals surface area contributed by atoms with Gasteiger partial charge in [0.2, 0.25) is 0 Å². The van der Waals surface area contributed by atoms with Crippen LogP contribution in [0.15, 0.2) is 54.9 Å². The van der Waals surface area contributed by atoms with Crippen LogP contribution in [0.2, 0.25) is 0 Å². The van der Waals surface area contributed by atoms with Crippen LogP contribution in [-0.4, -0.2) is 43.5 Å². The van der Waals surface area contributed by atoms with Crippen molar-refractivity contribution in [2.24, 2.45) is 0 Å². The molecule has 2 rings (SSSR count). The number of alkyl carbamates (subject to hydrolysis) is 1. The van der Waals surface area contributed by atoms with Gasteiger partial charge in [0.25, 0.3) is 0 Å². The number of ether oxygens (including phenoxy) is 2. The highest BCUT2D eigenvalue weighted by Crippen LogP contribution is 2.36. The molecule has 43 heavy (non-hydrogen) atoms. The van der Waals surface area contributed by atoms with Crippen LogP contribution >= 0.6 is 8.60 Å². The number of nitrogens with one attached hydrogen (secondary N) is 1. The average molecular weight is 620 g/mol. The van der Waals surface area contributed by atoms with Gasteiger partial charge in [-0.2, -0.15) is 0 Å². The van der Waals surface area contributed by atoms with Gasteiger partial charge in [0.15, 0.2) is 18.9 Å². The summed E-state index contributed by atoms with van der Waals surface area (Å²) in [6.45, 7) is 5.83. The lowest BCUT2D eigenvalue weighted by atomic mass is 10.0. The summed E-state index contributed by atoms with van der Waals surface area (Å²) in [5, 5.41) is 2.82. The van der Waals surface area contributed by atoms with Crippen molar-refractivity contribution in [1.82, 2.24) is 5.32 Å². The van der Waals surface area contributed by atoms with Gasteiger partial charge in [0, 0.05) is 25.3 Å². The first kappa shape index (κ1) is 36.9. The highest BCUT2D eigenvalue weighted by Gasteiger charge is 2.19. The molecule has 2 atom stereocenters. The lowest BCUT2D eigenvalue weighted by Crippen LogP contribution is -2.33. The largest absolute Gasteiger partial charge is 0.447 e. The van der Waals surface area contributed by atoms with E-state index in [4.69, 9.17) is 18.5 Å². The summed E-state index contributed by atoms with van der Waals surface area (Å²) in [7, 11) is -2.19. The van der Waals surface area contributed by atoms with Crippen molar-refractivity contribution in [2.75, 3.05) is 26.4 Å². The van der Waals surface area contributed by atoms with Crippen molar-refractivity contribution >= 4 is 14.7 Å². The number of aromatic nitrogens is 1. The van der Waals surface area contributed by atoms with E-state index < -0.39 is 20.8 Å². The number of nitrogens with zero attached hydrogens (tertiary/aromatic N) is 1. The van der Waals surface area contributed by atoms with Crippen LogP contribution < -0.4 is 14.4 Å². The van der Waals surface area contributed by atoms with E-state index in [1.54, 1.807) is 6.07 Å². The Labute approximate surface area is 261 Å². The second-order valence-electron chi connectivity index (χ2n) is 11.0. The molecule has 9 heteroatoms. The third-order valence-electron chi connectivity index (χ3n) is 7.25. The lowest BCUT2D eigenvalue weighted by molar-refractivity contribution is -0.688. The smallest absolute Gasteiger partial charge is 0.407 e. The summed E-state index contributed by atoms with van der Waals surface area (Å²) in [6, 6.07) is 13.4. The van der Waals surface area contributed by atoms with Crippen molar-refractivity contribution in [3.8, 4) is 5.75 Å². The zero-order chi connectivity index (χ0) is 30.8. The molecular formula is C34H56N2O6P+. The first-order valence-electron chi connectivity index (χ1n) is 16.5. The second-order valence-corrected chi connectivity index (χ2v) is 11.9. The molecule has 0 aliphatic rings. The van der Waals surface area contributed by atoms with Crippen LogP contribution in [0.4, 0.5) is 4.79 Å². The first-order chi connectivity index (χ1) is 21.1. The highest BCUT2D eigenvalue weighted by atomic mass is 31.2. The van der Waals surface area contributed by atoms with Crippen LogP contribution in [0.5, 0.6) is 5.75 Å². The van der Waals surface area contributed by atoms with E-state index in [9.17, 15) is 9.69 Å². The molecule has 1 aromatic heterocycles. The standard InChI is InChI=1S/C34H55N2O6P/c1-3-5-6-7-8-9-10-11-12-13-14-15-16-20-25-35-34(37)40-29-32(39-4-2)30-41-43(38)42-33-24-19-18-23-31(33)28-36-26-21-17-22-27-36/h17-19,21-24,26-27,32,38H,3-16,20,25,28-30H2,1-2H3/p+1. The van der Waals surface area contributed by atoms with Crippen LogP contribution in [0.25, 0.3) is 0 Å². The predicted molar refractivity (Wildman–Crippen MR) is 173 cm³/mol. The molecule has 242 valence electrons. The van der Waals surface area contributed by atoms with E-state index in [0.29, 0.717) is 25.4 Å². The van der Waals surface area contributed by atoms with E-state index in [1.807, 2.05) is 60.3 Å². The Balaban J connectivity index is 1.52. The Bertz CT molecular complexity index is 951. The monoisotopic (exact) mass is 619 g/mol. The van der Waals surface area contributed by atoms with Crippen molar-refractivity contribution < 1.29 is 32.8 Å². The fourth-order valence-electron chi connectivity index (χ4n) is 4.83. The summed E-state index contributed by atoms with van der Waals surface area (Å²) < 4.78 is 24.3. The zero-order valence-corrected chi connectivity index (χ0v) is 27.5. The van der Waals surface area contributed by atoms with Gasteiger partial charge in [-0.3, -0.25) is 4.52 Å². The number of benzene rings is 1. The maximum Gasteiger partial charge on any atom is 0.407 e. The lowest BCUT2D eigenvalue weighted by Gasteiger charge is -2.19. The van der Waals surface area contributed by atoms with Crippen molar-refractivity contribution in [1.29, 1.82) is 0 Å². The van der Waals surface area contributed by atoms with E-state index in [-0.39, 0.29) is 13.2 Å². The number of rotatable bonds is 26. The van der Waals surface area contributed by atoms with Gasteiger partial charge >= 0.3 is 14.7 Å². The predicted octanol–water partition coefficient (Wildman–Crippen LogP) is 8.25. The molecule has 1 aromatic carbocycles. The molecule has 2 unspecified atom stereocenters. The summed E-state index contributed by atoms with van der Waals surface area (Å²) in [5.74, 6) is 0.555. The number of hydrogen-bond acceptors (Lipinski definition) is 6. The molecule has 0 saturated heterocycles. The molecule has 2 aromatic rings. The number of unbranched alkanes of at least 4 members (excludes halogenated alkanes) is 13. The minimum atomic E-state index is -2.19. The van der Waals surface area contributed by atoms with E-state index in [0.717, 1.165) is 18.4 Å². The van der Waals surface area contributed by atoms with Crippen LogP contribution in [0, 0.1) is 0 Å². The molecule has 0 fully saturated rings. The molecule has 1 heterocycles. The van der Waals surface area contributed by atoms with E-state index in [1.165, 1.54) is 77.0 Å². The van der Waals surface area contributed by atoms with E-state index >= 15 is 0 Å². The third-order valence-corrected chi connectivity index (χ3v) is 7.98. The third kappa shape index (κ3) is 18.9. The summed E-state index contributed by atoms with van der Waals surface area (Å²) in [6.07, 6.45) is 21.2. The maximum atomic E-state index is 12.2. The molecule has 0 aliphatic carbocycles. The molecule has 0 aliphatic heterocycles. The molecule has 0 radical (unpaired) electrons. The van der Waals surface area contributed by atoms with Crippen LogP contribution in [0.1, 0.15) is 109 Å². The number of amides is 1. The number of para-hydroxylation sites is 1. The zero-order valence-electron chi connectivity index (χ0n) is 26.6. The molecule has 0 bridgehead atoms. The minimum absolute atomic E-state index is 0.0306. The summed E-state index contributed by atoms with van der Waals surface area (Å²) in [5.41, 5.74) is 0.920. The normalized spacial score (nSPS) is 12.5. The molecule has 8 nitrogen and oxygen atoms in total. The van der Waals surface area contributed by atoms with Crippen molar-refractivity contribution in [3.05, 3.63) is 60.4 Å². The van der Waals surface area contributed by atoms with Gasteiger partial charge in [-0.25, -0.2) is 9.36 Å². The van der Waals surface area contributed by atoms with Crippen LogP contribution in [-0.2, 0) is 20.5 Å². The maximum absolute atomic E-state index is 12.2. The Morgan fingerprint density at radius 1 is 0.814 bits per heavy atom. The molecular weight excluding hydrogens is 563 g/mol. The summed E-state index contributed by atoms with van der Waals surface area (Å²) in [4.78, 5) is 22.6. The first-order valence-corrected chi connectivity index (χ1v) is 17.6. The number of carbonyl (C=O) groups is 1. The quantitative estimate of drug-likeness (QED) is 0.0626. The van der Waals surface area contributed by atoms with Crippen molar-refractivity contribution in [3.63, 3.8) is 0 Å². The van der Waals surface area contributed by atoms with Crippen molar-refractivity contribution in [2.45, 2.75) is 116 Å². The van der Waals surface area contributed by atoms with Gasteiger partial charge < -0.3 is 24.2 Å². The molecule has 0 saturated carbocycles. The number of carbonyl (C=O) groups excluding carboxylic acids is 1. The fraction of sp³-hybridized carbons (Fsp3) is 0.647. The van der Waals surface area contributed by atoms with Gasteiger partial charge in [-0.05, 0) is 25.5 Å². The Morgan fingerprint density at radius 3 is 2.05 bits per heavy atom. The van der Waals surface area contributed by atoms with Gasteiger partial charge in [0.05, 0.1) is 12.2 Å². The van der Waals surface area contributed by atoms with Gasteiger partial charge in [0.1, 0.15) is 18.5 Å². The summed E-state index contributed by atoms with van der Waals surface area (Å²) >= 11 is 0. The van der Waals surface area contributed by atoms with E-state index in [2.05, 4.69) is 12.2 Å². The van der Waals surface area contributed by atoms with Gasteiger partial charge in [-0.15, -0.1) is 0 Å². The number of hydrogen-bond donors (Lipinski definition) is 2. The van der Waals surface area contributed by atoms with Crippen LogP contribution in [0.3, 0.4) is 0 Å². The molecule has 0 spiro atoms. The topological polar surface area (TPSA) is 90.1 Å². The number of pyridine rings is 1. The second kappa shape index (κ2) is 25.1. The fourth-order valence-corrected chi connectivity index (χ4v) is 5.52. The Kier molecular flexibility index (Phi) is 21.6. The average Bonchev–Trinajstić information content (AvgIpc) is 3.02. The minimum Gasteiger partial charge on any atom is -0.447 e. The SMILES string of the molecule is CCCCCCCCCCCCCCCCNC(=O)OCC(COP(O)Oc1ccccc1C[n+]1ccccc1)OCC.